The third-order valence-electron chi connectivity index (χ3n) is 3.59. The van der Waals surface area contributed by atoms with E-state index in [9.17, 15) is 4.39 Å². The fourth-order valence-electron chi connectivity index (χ4n) is 2.47. The van der Waals surface area contributed by atoms with Crippen LogP contribution in [0.1, 0.15) is 58.9 Å². The van der Waals surface area contributed by atoms with Crippen LogP contribution in [-0.4, -0.2) is 12.1 Å². The predicted molar refractivity (Wildman–Crippen MR) is 81.0 cm³/mol. The molecule has 0 radical (unpaired) electrons. The molecule has 2 heteroatoms. The monoisotopic (exact) mass is 265 g/mol. The van der Waals surface area contributed by atoms with Crippen LogP contribution >= 0.6 is 0 Å². The number of halogens is 1. The summed E-state index contributed by atoms with van der Waals surface area (Å²) in [4.78, 5) is 0. The summed E-state index contributed by atoms with van der Waals surface area (Å²) in [5, 5.41) is 3.52. The van der Waals surface area contributed by atoms with Crippen molar-refractivity contribution in [1.29, 1.82) is 0 Å². The van der Waals surface area contributed by atoms with E-state index in [-0.39, 0.29) is 17.3 Å². The van der Waals surface area contributed by atoms with E-state index in [0.717, 1.165) is 24.9 Å². The molecule has 0 amide bonds. The van der Waals surface area contributed by atoms with Gasteiger partial charge in [-0.15, -0.1) is 0 Å². The minimum Gasteiger partial charge on any atom is -0.311 e. The van der Waals surface area contributed by atoms with Crippen molar-refractivity contribution >= 4 is 0 Å². The molecule has 0 fully saturated rings. The maximum Gasteiger partial charge on any atom is 0.126 e. The van der Waals surface area contributed by atoms with E-state index in [1.807, 2.05) is 12.1 Å². The molecular weight excluding hydrogens is 237 g/mol. The zero-order valence-electron chi connectivity index (χ0n) is 13.0. The third-order valence-corrected chi connectivity index (χ3v) is 3.59. The zero-order chi connectivity index (χ0) is 14.5. The van der Waals surface area contributed by atoms with E-state index >= 15 is 0 Å². The van der Waals surface area contributed by atoms with Crippen LogP contribution in [-0.2, 0) is 0 Å². The van der Waals surface area contributed by atoms with Crippen LogP contribution in [0.3, 0.4) is 0 Å². The molecule has 0 aliphatic carbocycles. The molecule has 0 spiro atoms. The third kappa shape index (κ3) is 5.32. The molecule has 0 aliphatic heterocycles. The van der Waals surface area contributed by atoms with Gasteiger partial charge in [0.25, 0.3) is 0 Å². The number of hydrogen-bond acceptors (Lipinski definition) is 1. The van der Waals surface area contributed by atoms with Gasteiger partial charge in [0.15, 0.2) is 0 Å². The molecule has 0 saturated carbocycles. The molecule has 0 heterocycles. The van der Waals surface area contributed by atoms with Gasteiger partial charge in [-0.25, -0.2) is 4.39 Å². The van der Waals surface area contributed by atoms with E-state index in [4.69, 9.17) is 0 Å². The highest BCUT2D eigenvalue weighted by Crippen LogP contribution is 2.29. The lowest BCUT2D eigenvalue weighted by molar-refractivity contribution is 0.342. The van der Waals surface area contributed by atoms with E-state index in [1.54, 1.807) is 12.1 Å². The summed E-state index contributed by atoms with van der Waals surface area (Å²) in [6, 6.07) is 7.19. The summed E-state index contributed by atoms with van der Waals surface area (Å²) in [5.74, 6) is 0.642. The Hall–Kier alpha value is -0.890. The highest BCUT2D eigenvalue weighted by molar-refractivity contribution is 5.23. The Kier molecular flexibility index (Phi) is 5.99. The van der Waals surface area contributed by atoms with Crippen LogP contribution < -0.4 is 5.32 Å². The summed E-state index contributed by atoms with van der Waals surface area (Å²) in [6.07, 6.45) is 2.27. The molecule has 2 atom stereocenters. The number of benzene rings is 1. The SMILES string of the molecule is CCCC(C)C(CNC(C)(C)C)c1ccccc1F. The first-order valence-electron chi connectivity index (χ1n) is 7.34. The first-order valence-corrected chi connectivity index (χ1v) is 7.34. The Morgan fingerprint density at radius 2 is 1.84 bits per heavy atom. The summed E-state index contributed by atoms with van der Waals surface area (Å²) in [5.41, 5.74) is 0.912. The molecule has 1 nitrogen and oxygen atoms in total. The molecule has 19 heavy (non-hydrogen) atoms. The first-order chi connectivity index (χ1) is 8.85. The van der Waals surface area contributed by atoms with Crippen molar-refractivity contribution in [3.8, 4) is 0 Å². The Bertz CT molecular complexity index is 381. The van der Waals surface area contributed by atoms with Crippen molar-refractivity contribution in [3.63, 3.8) is 0 Å². The Labute approximate surface area is 117 Å². The standard InChI is InChI=1S/C17H28FN/c1-6-9-13(2)15(12-19-17(3,4)5)14-10-7-8-11-16(14)18/h7-8,10-11,13,15,19H,6,9,12H2,1-5H3. The summed E-state index contributed by atoms with van der Waals surface area (Å²) in [6.45, 7) is 11.7. The minimum absolute atomic E-state index is 0.0649. The lowest BCUT2D eigenvalue weighted by Crippen LogP contribution is -2.40. The van der Waals surface area contributed by atoms with Crippen LogP contribution in [0.4, 0.5) is 4.39 Å². The predicted octanol–water partition coefficient (Wildman–Crippen LogP) is 4.73. The van der Waals surface area contributed by atoms with Crippen molar-refractivity contribution in [2.75, 3.05) is 6.54 Å². The molecule has 0 bridgehead atoms. The smallest absolute Gasteiger partial charge is 0.126 e. The molecular formula is C17H28FN. The minimum atomic E-state index is -0.0776. The van der Waals surface area contributed by atoms with Gasteiger partial charge < -0.3 is 5.32 Å². The van der Waals surface area contributed by atoms with E-state index in [2.05, 4.69) is 39.9 Å². The lowest BCUT2D eigenvalue weighted by atomic mass is 9.83. The Balaban J connectivity index is 2.89. The molecule has 1 N–H and O–H groups in total. The summed E-state index contributed by atoms with van der Waals surface area (Å²) < 4.78 is 14.0. The second-order valence-electron chi connectivity index (χ2n) is 6.52. The fourth-order valence-corrected chi connectivity index (χ4v) is 2.47. The second-order valence-corrected chi connectivity index (χ2v) is 6.52. The molecule has 0 aromatic heterocycles. The number of nitrogens with one attached hydrogen (secondary N) is 1. The molecule has 0 aliphatic rings. The average Bonchev–Trinajstić information content (AvgIpc) is 2.30. The molecule has 1 aromatic rings. The lowest BCUT2D eigenvalue weighted by Gasteiger charge is -2.29. The van der Waals surface area contributed by atoms with Crippen molar-refractivity contribution < 1.29 is 4.39 Å². The van der Waals surface area contributed by atoms with Gasteiger partial charge in [-0.1, -0.05) is 44.9 Å². The summed E-state index contributed by atoms with van der Waals surface area (Å²) in [7, 11) is 0. The maximum absolute atomic E-state index is 14.0. The number of hydrogen-bond donors (Lipinski definition) is 1. The molecule has 1 aromatic carbocycles. The Morgan fingerprint density at radius 3 is 2.37 bits per heavy atom. The van der Waals surface area contributed by atoms with Gasteiger partial charge in [-0.05, 0) is 38.3 Å². The van der Waals surface area contributed by atoms with E-state index in [1.165, 1.54) is 0 Å². The number of rotatable bonds is 6. The molecule has 2 unspecified atom stereocenters. The van der Waals surface area contributed by atoms with Gasteiger partial charge >= 0.3 is 0 Å². The maximum atomic E-state index is 14.0. The van der Waals surface area contributed by atoms with Gasteiger partial charge in [-0.2, -0.15) is 0 Å². The largest absolute Gasteiger partial charge is 0.311 e. The van der Waals surface area contributed by atoms with Gasteiger partial charge in [0.2, 0.25) is 0 Å². The zero-order valence-corrected chi connectivity index (χ0v) is 13.0. The van der Waals surface area contributed by atoms with E-state index in [0.29, 0.717) is 5.92 Å². The van der Waals surface area contributed by atoms with Gasteiger partial charge in [0, 0.05) is 18.0 Å². The van der Waals surface area contributed by atoms with Gasteiger partial charge in [0.05, 0.1) is 0 Å². The van der Waals surface area contributed by atoms with Crippen molar-refractivity contribution in [3.05, 3.63) is 35.6 Å². The first kappa shape index (κ1) is 16.2. The highest BCUT2D eigenvalue weighted by Gasteiger charge is 2.23. The van der Waals surface area contributed by atoms with Crippen molar-refractivity contribution in [1.82, 2.24) is 5.32 Å². The fraction of sp³-hybridized carbons (Fsp3) is 0.647. The van der Waals surface area contributed by atoms with Crippen LogP contribution in [0.15, 0.2) is 24.3 Å². The second kappa shape index (κ2) is 7.04. The highest BCUT2D eigenvalue weighted by atomic mass is 19.1. The molecule has 0 saturated heterocycles. The quantitative estimate of drug-likeness (QED) is 0.784. The van der Waals surface area contributed by atoms with Crippen LogP contribution in [0.2, 0.25) is 0 Å². The topological polar surface area (TPSA) is 12.0 Å². The molecule has 1 rings (SSSR count). The van der Waals surface area contributed by atoms with Crippen LogP contribution in [0.25, 0.3) is 0 Å². The molecule has 108 valence electrons. The average molecular weight is 265 g/mol. The Morgan fingerprint density at radius 1 is 1.21 bits per heavy atom. The van der Waals surface area contributed by atoms with Gasteiger partial charge in [-0.3, -0.25) is 0 Å². The van der Waals surface area contributed by atoms with Crippen molar-refractivity contribution in [2.45, 2.75) is 58.9 Å². The van der Waals surface area contributed by atoms with Crippen molar-refractivity contribution in [2.24, 2.45) is 5.92 Å². The van der Waals surface area contributed by atoms with E-state index < -0.39 is 0 Å². The summed E-state index contributed by atoms with van der Waals surface area (Å²) >= 11 is 0. The van der Waals surface area contributed by atoms with Gasteiger partial charge in [0.1, 0.15) is 5.82 Å². The normalized spacial score (nSPS) is 15.3. The van der Waals surface area contributed by atoms with Crippen LogP contribution in [0, 0.1) is 11.7 Å². The van der Waals surface area contributed by atoms with Crippen LogP contribution in [0.5, 0.6) is 0 Å².